The summed E-state index contributed by atoms with van der Waals surface area (Å²) in [7, 11) is 1.80. The number of ether oxygens (including phenoxy) is 1. The van der Waals surface area contributed by atoms with E-state index in [9.17, 15) is 33.6 Å². The SMILES string of the molecule is CC(C)CC[C@@H](C)[C@H]1CC[C@H]2[C@@H]3CC=C4C[C@H](OC(=O)CNC(=O)[C@@H]5CCCN5C(=O)[C@H](CC(C)C)NC(=O)[C@H](CCC(N)=O)NC(=O)[C@@H]5CCCN5C(=O)c5ccc[n+](C)c5)CC[C@]4(C)[C@H]3CC[C@]12C. The van der Waals surface area contributed by atoms with Crippen molar-refractivity contribution in [3.05, 3.63) is 41.7 Å². The predicted octanol–water partition coefficient (Wildman–Crippen LogP) is 6.07. The second kappa shape index (κ2) is 22.9. The Balaban J connectivity index is 0.922. The average Bonchev–Trinajstić information content (AvgIpc) is 4.10. The van der Waals surface area contributed by atoms with Gasteiger partial charge in [0.2, 0.25) is 29.5 Å². The molecule has 15 nitrogen and oxygen atoms in total. The van der Waals surface area contributed by atoms with E-state index in [2.05, 4.69) is 56.6 Å². The van der Waals surface area contributed by atoms with Gasteiger partial charge < -0.3 is 36.2 Å². The topological polar surface area (TPSA) is 201 Å². The second-order valence-corrected chi connectivity index (χ2v) is 23.9. The van der Waals surface area contributed by atoms with E-state index in [0.717, 1.165) is 49.4 Å². The van der Waals surface area contributed by atoms with E-state index in [1.165, 1.54) is 53.9 Å². The number of hydrogen-bond donors (Lipinski definition) is 4. The molecule has 15 heteroatoms. The maximum absolute atomic E-state index is 14.3. The first-order chi connectivity index (χ1) is 33.7. The number of allylic oxidation sites excluding steroid dienone is 1. The number of pyridine rings is 1. The van der Waals surface area contributed by atoms with E-state index >= 15 is 0 Å². The molecule has 2 aliphatic heterocycles. The number of hydrogen-bond acceptors (Lipinski definition) is 8. The van der Waals surface area contributed by atoms with Crippen LogP contribution in [0.5, 0.6) is 0 Å². The number of amides is 6. The predicted molar refractivity (Wildman–Crippen MR) is 269 cm³/mol. The molecule has 0 spiro atoms. The maximum atomic E-state index is 14.3. The Morgan fingerprint density at radius 3 is 2.23 bits per heavy atom. The van der Waals surface area contributed by atoms with Crippen molar-refractivity contribution in [1.82, 2.24) is 25.8 Å². The number of rotatable bonds is 19. The summed E-state index contributed by atoms with van der Waals surface area (Å²) < 4.78 is 7.81. The quantitative estimate of drug-likeness (QED) is 0.0727. The van der Waals surface area contributed by atoms with Gasteiger partial charge in [0.1, 0.15) is 49.4 Å². The summed E-state index contributed by atoms with van der Waals surface area (Å²) in [5.74, 6) is 0.851. The number of nitrogens with zero attached hydrogens (tertiary/aromatic N) is 3. The highest BCUT2D eigenvalue weighted by molar-refractivity contribution is 5.99. The second-order valence-electron chi connectivity index (χ2n) is 23.9. The summed E-state index contributed by atoms with van der Waals surface area (Å²) in [6.45, 7) is 16.5. The molecule has 0 unspecified atom stereocenters. The molecule has 0 bridgehead atoms. The standard InChI is InChI=1S/C56H85N7O8/c1-34(2)15-16-36(5)41-19-20-42-40-18-17-38-31-39(23-25-55(38,6)43(40)24-26-56(41,42)7)71-49(65)32-58-51(67)46-13-10-29-63(46)54(70)45(30-35(3)4)60-50(66)44(21-22-48(57)64)59-52(68)47-14-11-28-62(47)53(69)37-12-9-27-61(8)33-37/h9,12,17,27,33-36,39-47H,10-11,13-16,18-26,28-32H2,1-8H3,(H4-,57,58,59,60,64,66,67,68)/p+1/t36-,39-,40+,41-,42+,43+,44+,45+,46+,47+,55+,56-/m1/s1. The zero-order chi connectivity index (χ0) is 51.4. The summed E-state index contributed by atoms with van der Waals surface area (Å²) >= 11 is 0. The van der Waals surface area contributed by atoms with Gasteiger partial charge in [-0.15, -0.1) is 0 Å². The van der Waals surface area contributed by atoms with Crippen LogP contribution in [0.3, 0.4) is 0 Å². The van der Waals surface area contributed by atoms with Crippen LogP contribution in [0.1, 0.15) is 168 Å². The Hall–Kier alpha value is -4.82. The number of carbonyl (C=O) groups excluding carboxylic acids is 7. The van der Waals surface area contributed by atoms with Crippen LogP contribution in [-0.4, -0.2) is 101 Å². The molecular weight excluding hydrogens is 899 g/mol. The van der Waals surface area contributed by atoms with Gasteiger partial charge in [-0.2, -0.15) is 0 Å². The van der Waals surface area contributed by atoms with Crippen LogP contribution in [-0.2, 0) is 40.6 Å². The van der Waals surface area contributed by atoms with E-state index in [0.29, 0.717) is 55.0 Å². The highest BCUT2D eigenvalue weighted by Crippen LogP contribution is 2.67. The molecule has 3 heterocycles. The number of aromatic nitrogens is 1. The van der Waals surface area contributed by atoms with Crippen LogP contribution in [0.15, 0.2) is 36.2 Å². The molecule has 0 radical (unpaired) electrons. The van der Waals surface area contributed by atoms with Crippen LogP contribution in [0, 0.1) is 52.3 Å². The Kier molecular flexibility index (Phi) is 17.4. The number of aryl methyl sites for hydroxylation is 1. The molecule has 12 atom stereocenters. The van der Waals surface area contributed by atoms with Gasteiger partial charge in [-0.3, -0.25) is 33.6 Å². The monoisotopic (exact) mass is 985 g/mol. The fourth-order valence-corrected chi connectivity index (χ4v) is 14.5. The molecule has 392 valence electrons. The molecule has 1 aromatic heterocycles. The average molecular weight is 985 g/mol. The van der Waals surface area contributed by atoms with Gasteiger partial charge in [0.25, 0.3) is 5.91 Å². The number of esters is 1. The first-order valence-corrected chi connectivity index (χ1v) is 27.3. The normalized spacial score (nSPS) is 30.3. The Morgan fingerprint density at radius 1 is 0.817 bits per heavy atom. The lowest BCUT2D eigenvalue weighted by Crippen LogP contribution is -2.58. The number of primary amides is 1. The molecule has 5 fully saturated rings. The molecule has 4 aliphatic carbocycles. The molecule has 6 amide bonds. The number of carbonyl (C=O) groups is 7. The van der Waals surface area contributed by atoms with E-state index in [1.807, 2.05) is 13.8 Å². The van der Waals surface area contributed by atoms with Crippen molar-refractivity contribution in [3.63, 3.8) is 0 Å². The van der Waals surface area contributed by atoms with Crippen molar-refractivity contribution in [1.29, 1.82) is 0 Å². The van der Waals surface area contributed by atoms with E-state index < -0.39 is 59.7 Å². The molecule has 1 aromatic rings. The molecule has 6 aliphatic rings. The van der Waals surface area contributed by atoms with Crippen molar-refractivity contribution < 1.29 is 42.9 Å². The molecular formula is C56H86N7O8+. The van der Waals surface area contributed by atoms with Gasteiger partial charge in [-0.25, -0.2) is 4.57 Å². The summed E-state index contributed by atoms with van der Waals surface area (Å²) in [5, 5.41) is 8.36. The minimum Gasteiger partial charge on any atom is -0.461 e. The first kappa shape index (κ1) is 54.0. The highest BCUT2D eigenvalue weighted by Gasteiger charge is 2.59. The van der Waals surface area contributed by atoms with Gasteiger partial charge >= 0.3 is 5.97 Å². The lowest BCUT2D eigenvalue weighted by molar-refractivity contribution is -0.671. The zero-order valence-corrected chi connectivity index (χ0v) is 44.1. The fourth-order valence-electron chi connectivity index (χ4n) is 14.5. The maximum Gasteiger partial charge on any atom is 0.325 e. The van der Waals surface area contributed by atoms with E-state index in [-0.39, 0.29) is 55.7 Å². The Bertz CT molecular complexity index is 2180. The first-order valence-electron chi connectivity index (χ1n) is 27.3. The van der Waals surface area contributed by atoms with Gasteiger partial charge in [0.05, 0.1) is 0 Å². The summed E-state index contributed by atoms with van der Waals surface area (Å²) in [5.41, 5.74) is 7.88. The third-order valence-corrected chi connectivity index (χ3v) is 18.2. The Morgan fingerprint density at radius 2 is 1.54 bits per heavy atom. The van der Waals surface area contributed by atoms with Gasteiger partial charge in [-0.05, 0) is 142 Å². The lowest BCUT2D eigenvalue weighted by atomic mass is 9.47. The van der Waals surface area contributed by atoms with Crippen molar-refractivity contribution in [2.75, 3.05) is 19.6 Å². The zero-order valence-electron chi connectivity index (χ0n) is 44.1. The molecule has 2 saturated heterocycles. The van der Waals surface area contributed by atoms with Crippen LogP contribution in [0.25, 0.3) is 0 Å². The minimum atomic E-state index is -1.23. The van der Waals surface area contributed by atoms with Crippen molar-refractivity contribution in [2.45, 2.75) is 188 Å². The van der Waals surface area contributed by atoms with E-state index in [1.54, 1.807) is 36.1 Å². The molecule has 71 heavy (non-hydrogen) atoms. The lowest BCUT2D eigenvalue weighted by Gasteiger charge is -2.58. The number of likely N-dealkylation sites (tertiary alicyclic amines) is 2. The summed E-state index contributed by atoms with van der Waals surface area (Å²) in [4.78, 5) is 97.7. The summed E-state index contributed by atoms with van der Waals surface area (Å²) in [6.07, 6.45) is 19.1. The third-order valence-electron chi connectivity index (χ3n) is 18.2. The Labute approximate surface area is 423 Å². The van der Waals surface area contributed by atoms with Crippen LogP contribution >= 0.6 is 0 Å². The van der Waals surface area contributed by atoms with Crippen molar-refractivity contribution in [2.24, 2.45) is 65.0 Å². The number of nitrogens with two attached hydrogens (primary N) is 1. The minimum absolute atomic E-state index is 0.0411. The van der Waals surface area contributed by atoms with Crippen LogP contribution < -0.4 is 26.3 Å². The largest absolute Gasteiger partial charge is 0.461 e. The van der Waals surface area contributed by atoms with Crippen LogP contribution in [0.4, 0.5) is 0 Å². The van der Waals surface area contributed by atoms with E-state index in [4.69, 9.17) is 10.5 Å². The molecule has 7 rings (SSSR count). The van der Waals surface area contributed by atoms with Gasteiger partial charge in [-0.1, -0.05) is 73.0 Å². The van der Waals surface area contributed by atoms with Gasteiger partial charge in [0.15, 0.2) is 12.4 Å². The smallest absolute Gasteiger partial charge is 0.325 e. The molecule has 0 aromatic carbocycles. The summed E-state index contributed by atoms with van der Waals surface area (Å²) in [6, 6.07) is -0.530. The highest BCUT2D eigenvalue weighted by atomic mass is 16.5. The fraction of sp³-hybridized carbons (Fsp3) is 0.750. The van der Waals surface area contributed by atoms with Crippen LogP contribution in [0.2, 0.25) is 0 Å². The van der Waals surface area contributed by atoms with Crippen molar-refractivity contribution in [3.8, 4) is 0 Å². The molecule has 5 N–H and O–H groups in total. The third kappa shape index (κ3) is 12.2. The molecule has 3 saturated carbocycles. The van der Waals surface area contributed by atoms with Crippen molar-refractivity contribution >= 4 is 41.4 Å². The van der Waals surface area contributed by atoms with Gasteiger partial charge in [0, 0.05) is 32.0 Å². The number of nitrogens with one attached hydrogen (secondary N) is 3. The number of fused-ring (bicyclic) bond motifs is 5.